The smallest absolute Gasteiger partial charge is 0.290 e. The van der Waals surface area contributed by atoms with Crippen LogP contribution in [0.4, 0.5) is 10.5 Å². The van der Waals surface area contributed by atoms with Crippen LogP contribution in [0.15, 0.2) is 52.0 Å². The lowest BCUT2D eigenvalue weighted by Crippen LogP contribution is -2.17. The number of nitrogens with one attached hydrogen (secondary N) is 2. The number of benzene rings is 1. The molecule has 0 unspecified atom stereocenters. The first-order valence-electron chi connectivity index (χ1n) is 8.49. The van der Waals surface area contributed by atoms with Crippen molar-refractivity contribution in [2.45, 2.75) is 0 Å². The van der Waals surface area contributed by atoms with Crippen LogP contribution >= 0.6 is 11.8 Å². The molecule has 0 atom stereocenters. The van der Waals surface area contributed by atoms with Crippen molar-refractivity contribution in [2.75, 3.05) is 11.0 Å². The molecule has 1 saturated heterocycles. The summed E-state index contributed by atoms with van der Waals surface area (Å²) >= 11 is 0.810. The molecule has 30 heavy (non-hydrogen) atoms. The molecule has 150 valence electrons. The third kappa shape index (κ3) is 4.53. The van der Waals surface area contributed by atoms with E-state index in [1.54, 1.807) is 42.7 Å². The van der Waals surface area contributed by atoms with Crippen molar-refractivity contribution >= 4 is 55.7 Å². The minimum absolute atomic E-state index is 0.252. The molecule has 3 aromatic rings. The van der Waals surface area contributed by atoms with E-state index in [0.29, 0.717) is 33.5 Å². The van der Waals surface area contributed by atoms with Crippen molar-refractivity contribution < 1.29 is 22.4 Å². The summed E-state index contributed by atoms with van der Waals surface area (Å²) < 4.78 is 30.7. The summed E-state index contributed by atoms with van der Waals surface area (Å²) in [4.78, 5) is 27.4. The Labute approximate surface area is 175 Å². The number of amides is 2. The molecule has 1 aliphatic heterocycles. The fourth-order valence-corrected chi connectivity index (χ4v) is 3.89. The predicted octanol–water partition coefficient (Wildman–Crippen LogP) is 2.92. The van der Waals surface area contributed by atoms with Crippen LogP contribution in [-0.4, -0.2) is 30.8 Å². The second kappa shape index (κ2) is 7.70. The molecule has 2 N–H and O–H groups in total. The first-order valence-corrected chi connectivity index (χ1v) is 11.2. The lowest BCUT2D eigenvalue weighted by molar-refractivity contribution is -0.115. The van der Waals surface area contributed by atoms with Crippen molar-refractivity contribution in [1.82, 2.24) is 10.3 Å². The van der Waals surface area contributed by atoms with E-state index in [0.717, 1.165) is 18.0 Å². The van der Waals surface area contributed by atoms with E-state index in [1.807, 2.05) is 0 Å². The molecule has 3 heterocycles. The summed E-state index contributed by atoms with van der Waals surface area (Å²) in [6.07, 6.45) is 5.76. The van der Waals surface area contributed by atoms with Gasteiger partial charge < -0.3 is 4.42 Å². The Bertz CT molecular complexity index is 1380. The van der Waals surface area contributed by atoms with E-state index in [9.17, 15) is 18.0 Å². The molecule has 1 aliphatic rings. The third-order valence-corrected chi connectivity index (χ3v) is 5.30. The average molecular weight is 439 g/mol. The number of fused-ring (bicyclic) bond motifs is 1. The quantitative estimate of drug-likeness (QED) is 0.476. The number of rotatable bonds is 3. The van der Waals surface area contributed by atoms with Crippen molar-refractivity contribution in [3.05, 3.63) is 64.5 Å². The number of anilines is 1. The van der Waals surface area contributed by atoms with E-state index in [-0.39, 0.29) is 4.91 Å². The molecule has 10 heteroatoms. The topological polar surface area (TPSA) is 118 Å². The molecule has 0 radical (unpaired) electrons. The van der Waals surface area contributed by atoms with Gasteiger partial charge in [0.1, 0.15) is 5.76 Å². The Morgan fingerprint density at radius 1 is 1.17 bits per heavy atom. The van der Waals surface area contributed by atoms with Gasteiger partial charge in [0.25, 0.3) is 11.1 Å². The molecular weight excluding hydrogens is 426 g/mol. The van der Waals surface area contributed by atoms with Crippen molar-refractivity contribution in [1.29, 1.82) is 0 Å². The Balaban J connectivity index is 1.62. The maximum absolute atomic E-state index is 11.7. The lowest BCUT2D eigenvalue weighted by atomic mass is 10.2. The Morgan fingerprint density at radius 3 is 2.60 bits per heavy atom. The zero-order valence-corrected chi connectivity index (χ0v) is 17.1. The first kappa shape index (κ1) is 19.8. The first-order chi connectivity index (χ1) is 14.3. The van der Waals surface area contributed by atoms with Crippen LogP contribution in [0, 0.1) is 11.8 Å². The summed E-state index contributed by atoms with van der Waals surface area (Å²) in [7, 11) is -3.34. The third-order valence-electron chi connectivity index (χ3n) is 3.89. The zero-order chi connectivity index (χ0) is 21.3. The number of pyridine rings is 1. The van der Waals surface area contributed by atoms with Crippen LogP contribution < -0.4 is 10.0 Å². The molecule has 0 aliphatic carbocycles. The second-order valence-corrected chi connectivity index (χ2v) is 9.07. The number of furan rings is 1. The average Bonchev–Trinajstić information content (AvgIpc) is 3.22. The molecular formula is C20H13N3O5S2. The Kier molecular flexibility index (Phi) is 5.07. The maximum Gasteiger partial charge on any atom is 0.290 e. The van der Waals surface area contributed by atoms with E-state index in [1.165, 1.54) is 6.08 Å². The number of hydrogen-bond donors (Lipinski definition) is 2. The number of aromatic nitrogens is 1. The molecule has 4 rings (SSSR count). The number of carbonyl (C=O) groups excluding carboxylic acids is 2. The molecule has 0 bridgehead atoms. The predicted molar refractivity (Wildman–Crippen MR) is 114 cm³/mol. The number of thioether (sulfide) groups is 1. The SMILES string of the molecule is CS(=O)(=O)Nc1ccc(C#Cc2cncc3cc(/C=C4\SC(=O)NC4=O)oc23)cc1. The van der Waals surface area contributed by atoms with Gasteiger partial charge in [0.05, 0.1) is 16.7 Å². The second-order valence-electron chi connectivity index (χ2n) is 6.31. The van der Waals surface area contributed by atoms with Crippen LogP contribution in [-0.2, 0) is 14.8 Å². The standard InChI is InChI=1S/C20H13N3O5S2/c1-30(26,27)23-15-6-3-12(4-7-15)2-5-13-10-21-11-14-8-16(28-18(13)14)9-17-19(24)22-20(25)29-17/h3-4,6-11,23H,1H3,(H,22,24,25)/b17-9-. The Morgan fingerprint density at radius 2 is 1.93 bits per heavy atom. The van der Waals surface area contributed by atoms with Crippen molar-refractivity contribution in [3.63, 3.8) is 0 Å². The summed E-state index contributed by atoms with van der Waals surface area (Å²) in [5.41, 5.74) is 2.19. The minimum Gasteiger partial charge on any atom is -0.455 e. The highest BCUT2D eigenvalue weighted by atomic mass is 32.2. The van der Waals surface area contributed by atoms with Gasteiger partial charge in [-0.1, -0.05) is 11.8 Å². The molecule has 8 nitrogen and oxygen atoms in total. The number of hydrogen-bond acceptors (Lipinski definition) is 7. The number of nitrogens with zero attached hydrogens (tertiary/aromatic N) is 1. The number of sulfonamides is 1. The highest BCUT2D eigenvalue weighted by Crippen LogP contribution is 2.28. The van der Waals surface area contributed by atoms with Gasteiger partial charge in [-0.2, -0.15) is 0 Å². The van der Waals surface area contributed by atoms with Gasteiger partial charge in [-0.25, -0.2) is 8.42 Å². The van der Waals surface area contributed by atoms with Gasteiger partial charge in [-0.3, -0.25) is 24.6 Å². The highest BCUT2D eigenvalue weighted by Gasteiger charge is 2.25. The fourth-order valence-electron chi connectivity index (χ4n) is 2.67. The van der Waals surface area contributed by atoms with E-state index in [2.05, 4.69) is 26.9 Å². The van der Waals surface area contributed by atoms with Crippen LogP contribution in [0.1, 0.15) is 16.9 Å². The normalized spacial score (nSPS) is 15.2. The maximum atomic E-state index is 11.7. The summed E-state index contributed by atoms with van der Waals surface area (Å²) in [5, 5.41) is 2.47. The molecule has 1 aromatic carbocycles. The monoisotopic (exact) mass is 439 g/mol. The van der Waals surface area contributed by atoms with Crippen LogP contribution in [0.3, 0.4) is 0 Å². The molecule has 2 aromatic heterocycles. The fraction of sp³-hybridized carbons (Fsp3) is 0.0500. The molecule has 2 amide bonds. The van der Waals surface area contributed by atoms with Crippen molar-refractivity contribution in [2.24, 2.45) is 0 Å². The number of imide groups is 1. The van der Waals surface area contributed by atoms with Gasteiger partial charge >= 0.3 is 0 Å². The number of carbonyl (C=O) groups is 2. The van der Waals surface area contributed by atoms with Gasteiger partial charge in [0.15, 0.2) is 5.58 Å². The summed E-state index contributed by atoms with van der Waals surface area (Å²) in [5.74, 6) is 5.92. The van der Waals surface area contributed by atoms with Gasteiger partial charge in [-0.05, 0) is 42.1 Å². The molecule has 1 fully saturated rings. The zero-order valence-electron chi connectivity index (χ0n) is 15.4. The minimum atomic E-state index is -3.34. The van der Waals surface area contributed by atoms with Gasteiger partial charge in [-0.15, -0.1) is 0 Å². The van der Waals surface area contributed by atoms with E-state index < -0.39 is 21.2 Å². The molecule has 0 saturated carbocycles. The largest absolute Gasteiger partial charge is 0.455 e. The Hall–Kier alpha value is -3.55. The highest BCUT2D eigenvalue weighted by molar-refractivity contribution is 8.18. The van der Waals surface area contributed by atoms with Crippen LogP contribution in [0.5, 0.6) is 0 Å². The van der Waals surface area contributed by atoms with Gasteiger partial charge in [0.2, 0.25) is 10.0 Å². The summed E-state index contributed by atoms with van der Waals surface area (Å²) in [6.45, 7) is 0. The lowest BCUT2D eigenvalue weighted by Gasteiger charge is -2.02. The van der Waals surface area contributed by atoms with E-state index in [4.69, 9.17) is 4.42 Å². The molecule has 0 spiro atoms. The van der Waals surface area contributed by atoms with Crippen molar-refractivity contribution in [3.8, 4) is 11.8 Å². The van der Waals surface area contributed by atoms with E-state index >= 15 is 0 Å². The van der Waals surface area contributed by atoms with Gasteiger partial charge in [0, 0.05) is 35.1 Å². The van der Waals surface area contributed by atoms with Crippen LogP contribution in [0.25, 0.3) is 17.0 Å². The summed E-state index contributed by atoms with van der Waals surface area (Å²) in [6, 6.07) is 8.33. The van der Waals surface area contributed by atoms with Crippen LogP contribution in [0.2, 0.25) is 0 Å².